The first-order valence-corrected chi connectivity index (χ1v) is 12.1. The number of nitrogens with one attached hydrogen (secondary N) is 2. The minimum absolute atomic E-state index is 0.0335. The van der Waals surface area contributed by atoms with Gasteiger partial charge in [-0.05, 0) is 50.5 Å². The van der Waals surface area contributed by atoms with E-state index >= 15 is 0 Å². The number of fused-ring (bicyclic) bond motifs is 2. The third-order valence-electron chi connectivity index (χ3n) is 5.25. The Kier molecular flexibility index (Phi) is 6.52. The summed E-state index contributed by atoms with van der Waals surface area (Å²) in [7, 11) is 0. The van der Waals surface area contributed by atoms with Crippen molar-refractivity contribution < 1.29 is 14.3 Å². The van der Waals surface area contributed by atoms with Gasteiger partial charge in [-0.3, -0.25) is 9.59 Å². The first kappa shape index (κ1) is 21.7. The molecule has 0 radical (unpaired) electrons. The molecule has 2 N–H and O–H groups in total. The molecule has 0 fully saturated rings. The number of nitrogens with zero attached hydrogens (tertiary/aromatic N) is 1. The minimum atomic E-state index is -0.256. The van der Waals surface area contributed by atoms with Crippen molar-refractivity contribution in [3.05, 3.63) is 50.4 Å². The SMILES string of the molecule is Cc1sc2nc(CS[C@@H](C)C(=O)NCCc3ccc4c(c3)OCCO4)[nH]c(=O)c2c1C. The third-order valence-corrected chi connectivity index (χ3v) is 7.50. The van der Waals surface area contributed by atoms with Crippen molar-refractivity contribution in [3.8, 4) is 11.5 Å². The van der Waals surface area contributed by atoms with Crippen LogP contribution in [0.1, 0.15) is 28.8 Å². The van der Waals surface area contributed by atoms with E-state index in [0.29, 0.717) is 43.1 Å². The Morgan fingerprint density at radius 3 is 2.87 bits per heavy atom. The van der Waals surface area contributed by atoms with Gasteiger partial charge in [0.25, 0.3) is 5.56 Å². The maximum Gasteiger partial charge on any atom is 0.259 e. The lowest BCUT2D eigenvalue weighted by atomic mass is 10.1. The lowest BCUT2D eigenvalue weighted by Crippen LogP contribution is -2.32. The van der Waals surface area contributed by atoms with Gasteiger partial charge >= 0.3 is 0 Å². The molecule has 2 aromatic heterocycles. The number of carbonyl (C=O) groups is 1. The van der Waals surface area contributed by atoms with Crippen LogP contribution in [0.3, 0.4) is 0 Å². The van der Waals surface area contributed by atoms with Crippen LogP contribution in [-0.4, -0.2) is 40.9 Å². The molecule has 31 heavy (non-hydrogen) atoms. The molecule has 0 bridgehead atoms. The van der Waals surface area contributed by atoms with E-state index in [1.165, 1.54) is 23.1 Å². The van der Waals surface area contributed by atoms with Crippen molar-refractivity contribution in [1.29, 1.82) is 0 Å². The second-order valence-corrected chi connectivity index (χ2v) is 9.98. The van der Waals surface area contributed by atoms with Gasteiger partial charge in [-0.15, -0.1) is 23.1 Å². The number of carbonyl (C=O) groups excluding carboxylic acids is 1. The van der Waals surface area contributed by atoms with Gasteiger partial charge in [0, 0.05) is 11.4 Å². The number of thiophene rings is 1. The van der Waals surface area contributed by atoms with Gasteiger partial charge in [0.1, 0.15) is 23.9 Å². The molecular formula is C22H25N3O4S2. The van der Waals surface area contributed by atoms with Crippen LogP contribution in [-0.2, 0) is 17.0 Å². The predicted octanol–water partition coefficient (Wildman–Crippen LogP) is 3.35. The smallest absolute Gasteiger partial charge is 0.259 e. The highest BCUT2D eigenvalue weighted by Gasteiger charge is 2.16. The molecule has 0 aliphatic carbocycles. The molecule has 1 aromatic carbocycles. The summed E-state index contributed by atoms with van der Waals surface area (Å²) in [4.78, 5) is 34.1. The number of aromatic nitrogens is 2. The van der Waals surface area contributed by atoms with Crippen LogP contribution in [0.25, 0.3) is 10.2 Å². The van der Waals surface area contributed by atoms with E-state index in [2.05, 4.69) is 15.3 Å². The van der Waals surface area contributed by atoms with Gasteiger partial charge in [0.2, 0.25) is 5.91 Å². The first-order chi connectivity index (χ1) is 14.9. The molecule has 0 saturated carbocycles. The summed E-state index contributed by atoms with van der Waals surface area (Å²) >= 11 is 2.98. The summed E-state index contributed by atoms with van der Waals surface area (Å²) < 4.78 is 11.1. The third kappa shape index (κ3) is 4.88. The Hall–Kier alpha value is -2.52. The minimum Gasteiger partial charge on any atom is -0.486 e. The number of hydrogen-bond donors (Lipinski definition) is 2. The molecular weight excluding hydrogens is 434 g/mol. The fraction of sp³-hybridized carbons (Fsp3) is 0.409. The van der Waals surface area contributed by atoms with Gasteiger partial charge in [0.05, 0.1) is 16.4 Å². The monoisotopic (exact) mass is 459 g/mol. The number of ether oxygens (including phenoxy) is 2. The van der Waals surface area contributed by atoms with E-state index in [9.17, 15) is 9.59 Å². The van der Waals surface area contributed by atoms with E-state index in [0.717, 1.165) is 32.3 Å². The molecule has 1 aliphatic heterocycles. The summed E-state index contributed by atoms with van der Waals surface area (Å²) in [6, 6.07) is 5.86. The van der Waals surface area contributed by atoms with Gasteiger partial charge < -0.3 is 19.8 Å². The normalized spacial score (nSPS) is 13.9. The van der Waals surface area contributed by atoms with E-state index in [4.69, 9.17) is 9.47 Å². The van der Waals surface area contributed by atoms with Crippen LogP contribution in [0, 0.1) is 13.8 Å². The Morgan fingerprint density at radius 1 is 1.29 bits per heavy atom. The molecule has 164 valence electrons. The number of hydrogen-bond acceptors (Lipinski definition) is 7. The van der Waals surface area contributed by atoms with Crippen LogP contribution >= 0.6 is 23.1 Å². The van der Waals surface area contributed by atoms with Crippen molar-refractivity contribution in [2.45, 2.75) is 38.2 Å². The lowest BCUT2D eigenvalue weighted by Gasteiger charge is -2.19. The van der Waals surface area contributed by atoms with E-state index in [-0.39, 0.29) is 16.7 Å². The highest BCUT2D eigenvalue weighted by atomic mass is 32.2. The zero-order valence-corrected chi connectivity index (χ0v) is 19.4. The Morgan fingerprint density at radius 2 is 2.06 bits per heavy atom. The number of rotatable bonds is 7. The highest BCUT2D eigenvalue weighted by molar-refractivity contribution is 7.99. The van der Waals surface area contributed by atoms with Crippen molar-refractivity contribution in [3.63, 3.8) is 0 Å². The van der Waals surface area contributed by atoms with Crippen LogP contribution in [0.15, 0.2) is 23.0 Å². The van der Waals surface area contributed by atoms with E-state index in [1.807, 2.05) is 39.0 Å². The number of amides is 1. The second-order valence-electron chi connectivity index (χ2n) is 7.45. The molecule has 4 rings (SSSR count). The molecule has 3 aromatic rings. The Bertz CT molecular complexity index is 1170. The number of H-pyrrole nitrogens is 1. The molecule has 3 heterocycles. The predicted molar refractivity (Wildman–Crippen MR) is 125 cm³/mol. The van der Waals surface area contributed by atoms with Gasteiger partial charge in [-0.2, -0.15) is 0 Å². The van der Waals surface area contributed by atoms with E-state index in [1.54, 1.807) is 0 Å². The summed E-state index contributed by atoms with van der Waals surface area (Å²) in [5.74, 6) is 2.56. The van der Waals surface area contributed by atoms with Crippen molar-refractivity contribution in [2.75, 3.05) is 19.8 Å². The number of aryl methyl sites for hydroxylation is 2. The van der Waals surface area contributed by atoms with Gasteiger partial charge in [0.15, 0.2) is 11.5 Å². The Balaban J connectivity index is 1.28. The molecule has 0 unspecified atom stereocenters. The summed E-state index contributed by atoms with van der Waals surface area (Å²) in [6.45, 7) is 7.46. The molecule has 1 amide bonds. The highest BCUT2D eigenvalue weighted by Crippen LogP contribution is 2.31. The fourth-order valence-electron chi connectivity index (χ4n) is 3.36. The summed E-state index contributed by atoms with van der Waals surface area (Å²) in [5, 5.41) is 3.39. The largest absolute Gasteiger partial charge is 0.486 e. The quantitative estimate of drug-likeness (QED) is 0.563. The van der Waals surface area contributed by atoms with Crippen LogP contribution in [0.4, 0.5) is 0 Å². The van der Waals surface area contributed by atoms with Crippen molar-refractivity contribution in [2.24, 2.45) is 0 Å². The molecule has 0 spiro atoms. The first-order valence-electron chi connectivity index (χ1n) is 10.2. The van der Waals surface area contributed by atoms with Crippen LogP contribution in [0.2, 0.25) is 0 Å². The molecule has 1 aliphatic rings. The maximum absolute atomic E-state index is 12.4. The zero-order valence-electron chi connectivity index (χ0n) is 17.7. The van der Waals surface area contributed by atoms with Crippen molar-refractivity contribution in [1.82, 2.24) is 15.3 Å². The number of benzene rings is 1. The summed E-state index contributed by atoms with van der Waals surface area (Å²) in [5.41, 5.74) is 1.96. The number of thioether (sulfide) groups is 1. The summed E-state index contributed by atoms with van der Waals surface area (Å²) in [6.07, 6.45) is 0.711. The molecule has 7 nitrogen and oxygen atoms in total. The van der Waals surface area contributed by atoms with Crippen LogP contribution < -0.4 is 20.3 Å². The molecule has 1 atom stereocenters. The topological polar surface area (TPSA) is 93.3 Å². The second kappa shape index (κ2) is 9.32. The van der Waals surface area contributed by atoms with Crippen LogP contribution in [0.5, 0.6) is 11.5 Å². The zero-order chi connectivity index (χ0) is 22.0. The lowest BCUT2D eigenvalue weighted by molar-refractivity contribution is -0.120. The van der Waals surface area contributed by atoms with E-state index < -0.39 is 0 Å². The molecule has 0 saturated heterocycles. The molecule has 9 heteroatoms. The fourth-order valence-corrected chi connectivity index (χ4v) is 5.19. The van der Waals surface area contributed by atoms with Crippen molar-refractivity contribution >= 4 is 39.2 Å². The van der Waals surface area contributed by atoms with Gasteiger partial charge in [-0.1, -0.05) is 6.07 Å². The standard InChI is InChI=1S/C22H25N3O4S2/c1-12-13(2)31-22-19(12)21(27)24-18(25-22)11-30-14(3)20(26)23-7-6-15-4-5-16-17(10-15)29-9-8-28-16/h4-5,10,14H,6-9,11H2,1-3H3,(H,23,26)(H,24,25,27)/t14-/m0/s1. The maximum atomic E-state index is 12.4. The average molecular weight is 460 g/mol. The number of aromatic amines is 1. The average Bonchev–Trinajstić information content (AvgIpc) is 3.05. The van der Waals surface area contributed by atoms with Gasteiger partial charge in [-0.25, -0.2) is 4.98 Å². The Labute approximate surface area is 188 Å².